The molecule has 1 aromatic carbocycles. The Balaban J connectivity index is 2.05. The second-order valence-electron chi connectivity index (χ2n) is 7.15. The van der Waals surface area contributed by atoms with Crippen molar-refractivity contribution in [3.05, 3.63) is 35.9 Å². The van der Waals surface area contributed by atoms with Gasteiger partial charge in [-0.15, -0.1) is 0 Å². The Hall–Kier alpha value is -1.97. The Morgan fingerprint density at radius 2 is 1.95 bits per heavy atom. The molecule has 116 valence electrons. The molecule has 2 unspecified atom stereocenters. The van der Waals surface area contributed by atoms with Gasteiger partial charge in [0, 0.05) is 11.8 Å². The van der Waals surface area contributed by atoms with Gasteiger partial charge in [0.15, 0.2) is 5.78 Å². The highest BCUT2D eigenvalue weighted by molar-refractivity contribution is 6.18. The molecule has 0 aliphatic carbocycles. The van der Waals surface area contributed by atoms with Crippen LogP contribution in [0.1, 0.15) is 39.2 Å². The molecule has 2 aliphatic rings. The van der Waals surface area contributed by atoms with Gasteiger partial charge in [-0.3, -0.25) is 14.6 Å². The molecule has 2 heterocycles. The fourth-order valence-electron chi connectivity index (χ4n) is 3.31. The van der Waals surface area contributed by atoms with Crippen molar-refractivity contribution in [1.82, 2.24) is 0 Å². The van der Waals surface area contributed by atoms with Crippen LogP contribution in [-0.4, -0.2) is 30.1 Å². The van der Waals surface area contributed by atoms with Crippen molar-refractivity contribution in [3.8, 4) is 0 Å². The van der Waals surface area contributed by atoms with Crippen LogP contribution in [0.5, 0.6) is 0 Å². The van der Waals surface area contributed by atoms with Gasteiger partial charge in [0.2, 0.25) is 0 Å². The van der Waals surface area contributed by atoms with Gasteiger partial charge in [0.25, 0.3) is 0 Å². The summed E-state index contributed by atoms with van der Waals surface area (Å²) >= 11 is 0. The third-order valence-electron chi connectivity index (χ3n) is 4.52. The van der Waals surface area contributed by atoms with Gasteiger partial charge in [0.05, 0.1) is 12.3 Å². The van der Waals surface area contributed by atoms with Crippen LogP contribution in [0, 0.1) is 10.8 Å². The average Bonchev–Trinajstić information content (AvgIpc) is 3.04. The minimum absolute atomic E-state index is 0.0810. The highest BCUT2D eigenvalue weighted by Crippen LogP contribution is 2.45. The smallest absolute Gasteiger partial charge is 0.318 e. The highest BCUT2D eigenvalue weighted by Gasteiger charge is 2.55. The van der Waals surface area contributed by atoms with E-state index in [2.05, 4.69) is 4.99 Å². The van der Waals surface area contributed by atoms with Crippen molar-refractivity contribution in [2.75, 3.05) is 6.61 Å². The Kier molecular flexibility index (Phi) is 3.42. The van der Waals surface area contributed by atoms with Gasteiger partial charge < -0.3 is 4.74 Å². The Morgan fingerprint density at radius 1 is 1.27 bits per heavy atom. The fourth-order valence-corrected chi connectivity index (χ4v) is 3.31. The number of benzene rings is 1. The summed E-state index contributed by atoms with van der Waals surface area (Å²) in [6.07, 6.45) is 1.04. The molecule has 0 aromatic heterocycles. The molecule has 1 fully saturated rings. The van der Waals surface area contributed by atoms with Crippen LogP contribution < -0.4 is 0 Å². The van der Waals surface area contributed by atoms with Gasteiger partial charge >= 0.3 is 5.97 Å². The zero-order chi connectivity index (χ0) is 16.0. The number of nitrogens with zero attached hydrogens (tertiary/aromatic N) is 1. The van der Waals surface area contributed by atoms with Crippen molar-refractivity contribution in [2.45, 2.75) is 39.7 Å². The third kappa shape index (κ3) is 2.27. The standard InChI is InChI=1S/C18H21NO3/c1-17(2,3)15(20)13-11-18(9-10-22-16(18)21)14(19-13)12-7-5-4-6-8-12/h4-8,13H,9-11H2,1-3H3. The molecule has 3 rings (SSSR count). The summed E-state index contributed by atoms with van der Waals surface area (Å²) < 4.78 is 5.22. The van der Waals surface area contributed by atoms with E-state index >= 15 is 0 Å². The first-order chi connectivity index (χ1) is 10.3. The third-order valence-corrected chi connectivity index (χ3v) is 4.52. The van der Waals surface area contributed by atoms with E-state index < -0.39 is 16.9 Å². The predicted octanol–water partition coefficient (Wildman–Crippen LogP) is 2.80. The number of esters is 1. The van der Waals surface area contributed by atoms with Crippen molar-refractivity contribution in [3.63, 3.8) is 0 Å². The predicted molar refractivity (Wildman–Crippen MR) is 83.9 cm³/mol. The van der Waals surface area contributed by atoms with E-state index in [1.807, 2.05) is 51.1 Å². The minimum atomic E-state index is -0.743. The van der Waals surface area contributed by atoms with Gasteiger partial charge in [-0.1, -0.05) is 51.1 Å². The second-order valence-corrected chi connectivity index (χ2v) is 7.15. The quantitative estimate of drug-likeness (QED) is 0.789. The van der Waals surface area contributed by atoms with Crippen LogP contribution in [0.4, 0.5) is 0 Å². The van der Waals surface area contributed by atoms with Gasteiger partial charge in [-0.05, 0) is 12.0 Å². The lowest BCUT2D eigenvalue weighted by molar-refractivity contribution is -0.143. The zero-order valence-electron chi connectivity index (χ0n) is 13.3. The molecular weight excluding hydrogens is 278 g/mol. The molecule has 1 aromatic rings. The number of carbonyl (C=O) groups excluding carboxylic acids is 2. The van der Waals surface area contributed by atoms with Crippen LogP contribution in [0.3, 0.4) is 0 Å². The second kappa shape index (κ2) is 5.04. The maximum absolute atomic E-state index is 12.6. The van der Waals surface area contributed by atoms with Crippen molar-refractivity contribution in [1.29, 1.82) is 0 Å². The maximum atomic E-state index is 12.6. The molecule has 0 N–H and O–H groups in total. The summed E-state index contributed by atoms with van der Waals surface area (Å²) in [7, 11) is 0. The molecule has 0 saturated carbocycles. The number of carbonyl (C=O) groups is 2. The molecule has 4 nitrogen and oxygen atoms in total. The summed E-state index contributed by atoms with van der Waals surface area (Å²) in [5.41, 5.74) is 0.417. The number of ketones is 1. The van der Waals surface area contributed by atoms with Crippen LogP contribution in [0.15, 0.2) is 35.3 Å². The molecule has 0 radical (unpaired) electrons. The van der Waals surface area contributed by atoms with E-state index in [4.69, 9.17) is 4.74 Å². The molecule has 1 saturated heterocycles. The SMILES string of the molecule is CC(C)(C)C(=O)C1CC2(CCOC2=O)C(c2ccccc2)=N1. The highest BCUT2D eigenvalue weighted by atomic mass is 16.5. The van der Waals surface area contributed by atoms with E-state index in [1.54, 1.807) is 0 Å². The molecule has 2 atom stereocenters. The van der Waals surface area contributed by atoms with Gasteiger partial charge in [-0.2, -0.15) is 0 Å². The Labute approximate surface area is 130 Å². The number of Topliss-reactive ketones (excluding diaryl/α,β-unsaturated/α-hetero) is 1. The van der Waals surface area contributed by atoms with E-state index in [1.165, 1.54) is 0 Å². The summed E-state index contributed by atoms with van der Waals surface area (Å²) in [5.74, 6) is -0.156. The summed E-state index contributed by atoms with van der Waals surface area (Å²) in [6, 6.07) is 9.19. The molecule has 2 aliphatic heterocycles. The van der Waals surface area contributed by atoms with Crippen LogP contribution in [0.25, 0.3) is 0 Å². The minimum Gasteiger partial charge on any atom is -0.465 e. The monoisotopic (exact) mass is 299 g/mol. The van der Waals surface area contributed by atoms with Crippen LogP contribution in [0.2, 0.25) is 0 Å². The average molecular weight is 299 g/mol. The first-order valence-electron chi connectivity index (χ1n) is 7.70. The van der Waals surface area contributed by atoms with Gasteiger partial charge in [-0.25, -0.2) is 0 Å². The van der Waals surface area contributed by atoms with Crippen LogP contribution >= 0.6 is 0 Å². The molecule has 22 heavy (non-hydrogen) atoms. The van der Waals surface area contributed by atoms with E-state index in [9.17, 15) is 9.59 Å². The van der Waals surface area contributed by atoms with Gasteiger partial charge in [0.1, 0.15) is 11.5 Å². The topological polar surface area (TPSA) is 55.7 Å². The molecule has 4 heteroatoms. The number of aliphatic imine (C=N–C) groups is 1. The normalized spacial score (nSPS) is 27.9. The molecule has 0 amide bonds. The summed E-state index contributed by atoms with van der Waals surface area (Å²) in [6.45, 7) is 6.09. The number of hydrogen-bond acceptors (Lipinski definition) is 4. The van der Waals surface area contributed by atoms with Crippen molar-refractivity contribution >= 4 is 17.5 Å². The first-order valence-corrected chi connectivity index (χ1v) is 7.70. The van der Waals surface area contributed by atoms with Crippen LogP contribution in [-0.2, 0) is 14.3 Å². The molecule has 0 bridgehead atoms. The van der Waals surface area contributed by atoms with E-state index in [0.717, 1.165) is 11.3 Å². The fraction of sp³-hybridized carbons (Fsp3) is 0.500. The number of rotatable bonds is 2. The number of hydrogen-bond donors (Lipinski definition) is 0. The molecular formula is C18H21NO3. The van der Waals surface area contributed by atoms with E-state index in [-0.39, 0.29) is 11.8 Å². The first kappa shape index (κ1) is 14.9. The number of ether oxygens (including phenoxy) is 1. The lowest BCUT2D eigenvalue weighted by Crippen LogP contribution is -2.36. The van der Waals surface area contributed by atoms with Crippen molar-refractivity contribution < 1.29 is 14.3 Å². The van der Waals surface area contributed by atoms with E-state index in [0.29, 0.717) is 19.4 Å². The summed E-state index contributed by atoms with van der Waals surface area (Å²) in [4.78, 5) is 29.7. The molecule has 1 spiro atoms. The largest absolute Gasteiger partial charge is 0.465 e. The Bertz CT molecular complexity index is 642. The lowest BCUT2D eigenvalue weighted by atomic mass is 9.74. The summed E-state index contributed by atoms with van der Waals surface area (Å²) in [5, 5.41) is 0. The zero-order valence-corrected chi connectivity index (χ0v) is 13.3. The lowest BCUT2D eigenvalue weighted by Gasteiger charge is -2.23. The Morgan fingerprint density at radius 3 is 2.50 bits per heavy atom. The number of cyclic esters (lactones) is 1. The maximum Gasteiger partial charge on any atom is 0.318 e. The van der Waals surface area contributed by atoms with Crippen molar-refractivity contribution in [2.24, 2.45) is 15.8 Å².